The van der Waals surface area contributed by atoms with Crippen LogP contribution in [0.3, 0.4) is 0 Å². The number of hydrogen-bond acceptors (Lipinski definition) is 11. The fourth-order valence-electron chi connectivity index (χ4n) is 5.05. The van der Waals surface area contributed by atoms with Crippen LogP contribution in [0.2, 0.25) is 0 Å². The first-order chi connectivity index (χ1) is 19.8. The van der Waals surface area contributed by atoms with Crippen molar-refractivity contribution >= 4 is 39.1 Å². The summed E-state index contributed by atoms with van der Waals surface area (Å²) in [5.74, 6) is -0.971. The number of aryl methyl sites for hydroxylation is 2. The number of carbonyl (C=O) groups is 1. The van der Waals surface area contributed by atoms with Gasteiger partial charge in [0.2, 0.25) is 5.95 Å². The normalized spacial score (nSPS) is 21.5. The molecule has 10 nitrogen and oxygen atoms in total. The van der Waals surface area contributed by atoms with Crippen LogP contribution < -0.4 is 15.4 Å². The molecule has 4 atom stereocenters. The standard InChI is InChI=1S/C28H29F3N6O4S/c1-13(16-5-7-18(8-6-16)41-28(29,30)31)33-26-34-14(2)21(25-36-22-15(3)32-10-9-19(22)42-25)24(37-26)35-20-11-17(12-38)23(39)27(20,4)40/h5-10,13,17,20,38,40H,11-12H2,1-4H3,(H2,33,34,35,37)/t13-,17-,20?,27+/m1/s1. The molecule has 1 fully saturated rings. The molecule has 222 valence electrons. The van der Waals surface area contributed by atoms with Crippen LogP contribution in [0.25, 0.3) is 20.8 Å². The highest BCUT2D eigenvalue weighted by Gasteiger charge is 2.50. The van der Waals surface area contributed by atoms with E-state index in [2.05, 4.69) is 25.3 Å². The molecular weight excluding hydrogens is 573 g/mol. The second kappa shape index (κ2) is 11.1. The van der Waals surface area contributed by atoms with E-state index < -0.39 is 35.7 Å². The van der Waals surface area contributed by atoms with Gasteiger partial charge in [-0.1, -0.05) is 12.1 Å². The highest BCUT2D eigenvalue weighted by molar-refractivity contribution is 7.21. The lowest BCUT2D eigenvalue weighted by Crippen LogP contribution is -2.45. The predicted molar refractivity (Wildman–Crippen MR) is 151 cm³/mol. The van der Waals surface area contributed by atoms with Gasteiger partial charge >= 0.3 is 6.36 Å². The number of fused-ring (bicyclic) bond motifs is 1. The molecule has 42 heavy (non-hydrogen) atoms. The Balaban J connectivity index is 1.51. The molecule has 0 aliphatic heterocycles. The van der Waals surface area contributed by atoms with E-state index in [9.17, 15) is 28.2 Å². The summed E-state index contributed by atoms with van der Waals surface area (Å²) in [6.45, 7) is 6.48. The zero-order chi connectivity index (χ0) is 30.4. The quantitative estimate of drug-likeness (QED) is 0.219. The summed E-state index contributed by atoms with van der Waals surface area (Å²) in [6.07, 6.45) is -2.89. The average molecular weight is 603 g/mol. The van der Waals surface area contributed by atoms with Crippen LogP contribution in [-0.2, 0) is 4.79 Å². The number of aromatic nitrogens is 4. The van der Waals surface area contributed by atoms with Crippen LogP contribution in [0, 0.1) is 19.8 Å². The molecule has 3 aromatic heterocycles. The van der Waals surface area contributed by atoms with Crippen molar-refractivity contribution in [3.8, 4) is 16.3 Å². The number of nitrogens with one attached hydrogen (secondary N) is 2. The molecule has 0 bridgehead atoms. The van der Waals surface area contributed by atoms with Gasteiger partial charge in [-0.05, 0) is 57.9 Å². The Morgan fingerprint density at radius 3 is 2.48 bits per heavy atom. The molecule has 0 radical (unpaired) electrons. The zero-order valence-corrected chi connectivity index (χ0v) is 24.0. The van der Waals surface area contributed by atoms with Gasteiger partial charge in [0, 0.05) is 12.1 Å². The van der Waals surface area contributed by atoms with Gasteiger partial charge in [-0.25, -0.2) is 9.97 Å². The number of rotatable bonds is 8. The number of anilines is 2. The van der Waals surface area contributed by atoms with E-state index in [1.165, 1.54) is 42.5 Å². The highest BCUT2D eigenvalue weighted by atomic mass is 32.1. The summed E-state index contributed by atoms with van der Waals surface area (Å²) in [5.41, 5.74) is 1.55. The number of alkyl halides is 3. The second-order valence-electron chi connectivity index (χ2n) is 10.4. The molecule has 4 aromatic rings. The Kier molecular flexibility index (Phi) is 7.81. The van der Waals surface area contributed by atoms with Gasteiger partial charge in [0.1, 0.15) is 27.7 Å². The van der Waals surface area contributed by atoms with E-state index in [0.29, 0.717) is 27.6 Å². The Labute approximate surface area is 243 Å². The van der Waals surface area contributed by atoms with Crippen molar-refractivity contribution in [2.45, 2.75) is 58.2 Å². The number of ketones is 1. The third kappa shape index (κ3) is 5.87. The first kappa shape index (κ1) is 29.6. The number of ether oxygens (including phenoxy) is 1. The van der Waals surface area contributed by atoms with E-state index in [1.54, 1.807) is 20.0 Å². The first-order valence-corrected chi connectivity index (χ1v) is 14.0. The minimum Gasteiger partial charge on any atom is -0.406 e. The lowest BCUT2D eigenvalue weighted by molar-refractivity contribution is -0.274. The van der Waals surface area contributed by atoms with E-state index in [0.717, 1.165) is 15.9 Å². The van der Waals surface area contributed by atoms with Gasteiger partial charge in [-0.2, -0.15) is 4.98 Å². The second-order valence-corrected chi connectivity index (χ2v) is 11.5. The topological polar surface area (TPSA) is 142 Å². The van der Waals surface area contributed by atoms with Crippen molar-refractivity contribution in [3.05, 3.63) is 53.5 Å². The molecule has 1 unspecified atom stereocenters. The number of hydrogen-bond donors (Lipinski definition) is 4. The SMILES string of the molecule is Cc1nc(N[C@H](C)c2ccc(OC(F)(F)F)cc2)nc(NC2C[C@H](CO)C(=O)[C@@]2(C)O)c1-c1nc2c(C)nccc2s1. The lowest BCUT2D eigenvalue weighted by atomic mass is 9.98. The number of aliphatic hydroxyl groups excluding tert-OH is 1. The minimum absolute atomic E-state index is 0.194. The summed E-state index contributed by atoms with van der Waals surface area (Å²) in [5, 5.41) is 27.7. The Bertz CT molecular complexity index is 1630. The number of aliphatic hydroxyl groups is 2. The van der Waals surface area contributed by atoms with E-state index in [-0.39, 0.29) is 24.7 Å². The number of halogens is 3. The Morgan fingerprint density at radius 2 is 1.86 bits per heavy atom. The van der Waals surface area contributed by atoms with Crippen molar-refractivity contribution in [2.75, 3.05) is 17.2 Å². The maximum atomic E-state index is 12.7. The number of Topliss-reactive ketones (excluding diaryl/α,β-unsaturated/α-hetero) is 1. The lowest BCUT2D eigenvalue weighted by Gasteiger charge is -2.27. The summed E-state index contributed by atoms with van der Waals surface area (Å²) in [7, 11) is 0. The van der Waals surface area contributed by atoms with E-state index in [4.69, 9.17) is 9.97 Å². The maximum Gasteiger partial charge on any atom is 0.573 e. The van der Waals surface area contributed by atoms with Crippen LogP contribution >= 0.6 is 11.3 Å². The number of benzene rings is 1. The summed E-state index contributed by atoms with van der Waals surface area (Å²) in [4.78, 5) is 31.2. The molecule has 1 aromatic carbocycles. The van der Waals surface area contributed by atoms with E-state index in [1.807, 2.05) is 13.0 Å². The van der Waals surface area contributed by atoms with Crippen molar-refractivity contribution in [1.82, 2.24) is 19.9 Å². The van der Waals surface area contributed by atoms with Crippen LogP contribution in [0.15, 0.2) is 36.5 Å². The summed E-state index contributed by atoms with van der Waals surface area (Å²) < 4.78 is 42.5. The van der Waals surface area contributed by atoms with Gasteiger partial charge in [-0.3, -0.25) is 9.78 Å². The van der Waals surface area contributed by atoms with Gasteiger partial charge in [0.15, 0.2) is 5.78 Å². The first-order valence-electron chi connectivity index (χ1n) is 13.1. The highest BCUT2D eigenvalue weighted by Crippen LogP contribution is 2.40. The molecule has 0 amide bonds. The number of carbonyl (C=O) groups excluding carboxylic acids is 1. The molecular formula is C28H29F3N6O4S. The summed E-state index contributed by atoms with van der Waals surface area (Å²) >= 11 is 1.43. The molecule has 1 aliphatic rings. The number of thiazole rings is 1. The van der Waals surface area contributed by atoms with Crippen LogP contribution in [0.4, 0.5) is 24.9 Å². The molecule has 3 heterocycles. The molecule has 1 aliphatic carbocycles. The van der Waals surface area contributed by atoms with Crippen molar-refractivity contribution in [2.24, 2.45) is 5.92 Å². The minimum atomic E-state index is -4.79. The monoisotopic (exact) mass is 602 g/mol. The summed E-state index contributed by atoms with van der Waals surface area (Å²) in [6, 6.07) is 6.17. The predicted octanol–water partition coefficient (Wildman–Crippen LogP) is 4.95. The van der Waals surface area contributed by atoms with Crippen molar-refractivity contribution in [1.29, 1.82) is 0 Å². The van der Waals surface area contributed by atoms with E-state index >= 15 is 0 Å². The fraction of sp³-hybridized carbons (Fsp3) is 0.393. The molecule has 1 saturated carbocycles. The van der Waals surface area contributed by atoms with Crippen LogP contribution in [-0.4, -0.2) is 60.5 Å². The zero-order valence-electron chi connectivity index (χ0n) is 23.2. The molecule has 5 rings (SSSR count). The van der Waals surface area contributed by atoms with Crippen molar-refractivity contribution < 1.29 is 32.9 Å². The molecule has 4 N–H and O–H groups in total. The number of nitrogens with zero attached hydrogens (tertiary/aromatic N) is 4. The van der Waals surface area contributed by atoms with Gasteiger partial charge in [-0.15, -0.1) is 24.5 Å². The molecule has 0 saturated heterocycles. The molecule has 14 heteroatoms. The largest absolute Gasteiger partial charge is 0.573 e. The van der Waals surface area contributed by atoms with Gasteiger partial charge in [0.25, 0.3) is 0 Å². The molecule has 0 spiro atoms. The van der Waals surface area contributed by atoms with Crippen LogP contribution in [0.5, 0.6) is 5.75 Å². The van der Waals surface area contributed by atoms with Crippen LogP contribution in [0.1, 0.15) is 43.3 Å². The third-order valence-corrected chi connectivity index (χ3v) is 8.39. The number of pyridine rings is 1. The Hall–Kier alpha value is -3.88. The average Bonchev–Trinajstić information content (AvgIpc) is 3.43. The van der Waals surface area contributed by atoms with Crippen molar-refractivity contribution in [3.63, 3.8) is 0 Å². The van der Waals surface area contributed by atoms with Gasteiger partial charge in [0.05, 0.1) is 40.3 Å². The maximum absolute atomic E-state index is 12.7. The van der Waals surface area contributed by atoms with Gasteiger partial charge < -0.3 is 25.6 Å². The third-order valence-electron chi connectivity index (χ3n) is 7.35. The Morgan fingerprint density at radius 1 is 1.14 bits per heavy atom. The smallest absolute Gasteiger partial charge is 0.406 e. The fourth-order valence-corrected chi connectivity index (χ4v) is 6.16.